The minimum absolute atomic E-state index is 0.104. The van der Waals surface area contributed by atoms with Crippen LogP contribution in [0.4, 0.5) is 0 Å². The van der Waals surface area contributed by atoms with E-state index in [1.165, 1.54) is 0 Å². The third-order valence-corrected chi connectivity index (χ3v) is 6.77. The minimum atomic E-state index is -1.16. The zero-order valence-electron chi connectivity index (χ0n) is 19.6. The highest BCUT2D eigenvalue weighted by Crippen LogP contribution is 2.35. The molecule has 2 aromatic rings. The molecular formula is C26H32BrClO4. The molecule has 0 saturated heterocycles. The number of hydrogen-bond acceptors (Lipinski definition) is 4. The van der Waals surface area contributed by atoms with Crippen molar-refractivity contribution in [2.45, 2.75) is 53.6 Å². The van der Waals surface area contributed by atoms with Crippen molar-refractivity contribution < 1.29 is 19.1 Å². The quantitative estimate of drug-likeness (QED) is 0.189. The molecule has 0 bridgehead atoms. The van der Waals surface area contributed by atoms with Crippen LogP contribution in [-0.4, -0.2) is 29.3 Å². The van der Waals surface area contributed by atoms with Crippen LogP contribution >= 0.6 is 27.5 Å². The van der Waals surface area contributed by atoms with Crippen LogP contribution in [0.25, 0.3) is 0 Å². The fourth-order valence-corrected chi connectivity index (χ4v) is 3.93. The van der Waals surface area contributed by atoms with E-state index in [-0.39, 0.29) is 16.6 Å². The maximum atomic E-state index is 12.7. The van der Waals surface area contributed by atoms with Crippen LogP contribution in [0.3, 0.4) is 0 Å². The third-order valence-electron chi connectivity index (χ3n) is 5.00. The summed E-state index contributed by atoms with van der Waals surface area (Å²) < 4.78 is 11.5. The molecule has 6 heteroatoms. The maximum absolute atomic E-state index is 12.7. The van der Waals surface area contributed by atoms with Crippen LogP contribution in [0.5, 0.6) is 5.75 Å². The van der Waals surface area contributed by atoms with Gasteiger partial charge in [0.25, 0.3) is 0 Å². The first kappa shape index (κ1) is 26.4. The standard InChI is InChI=1S/C26H32BrClO4/c1-24(2,16-27)15-25(3,4)17-31-23(30)26(5,6)32-21-13-9-19(10-14-21)22(29)18-7-11-20(28)12-8-18/h7-14H,15-17H2,1-6H3. The Bertz CT molecular complexity index is 931. The van der Waals surface area contributed by atoms with Crippen LogP contribution < -0.4 is 4.74 Å². The smallest absolute Gasteiger partial charge is 0.349 e. The van der Waals surface area contributed by atoms with Gasteiger partial charge in [-0.1, -0.05) is 55.2 Å². The Labute approximate surface area is 204 Å². The van der Waals surface area contributed by atoms with Gasteiger partial charge in [-0.3, -0.25) is 4.79 Å². The Morgan fingerprint density at radius 2 is 1.34 bits per heavy atom. The van der Waals surface area contributed by atoms with Crippen molar-refractivity contribution >= 4 is 39.3 Å². The fraction of sp³-hybridized carbons (Fsp3) is 0.462. The highest BCUT2D eigenvalue weighted by atomic mass is 79.9. The summed E-state index contributed by atoms with van der Waals surface area (Å²) >= 11 is 9.43. The summed E-state index contributed by atoms with van der Waals surface area (Å²) in [5.41, 5.74) is -0.142. The number of ether oxygens (including phenoxy) is 2. The van der Waals surface area contributed by atoms with Gasteiger partial charge in [0.05, 0.1) is 6.61 Å². The van der Waals surface area contributed by atoms with Crippen molar-refractivity contribution in [3.63, 3.8) is 0 Å². The van der Waals surface area contributed by atoms with Crippen LogP contribution in [0.15, 0.2) is 48.5 Å². The number of ketones is 1. The lowest BCUT2D eigenvalue weighted by Gasteiger charge is -2.34. The molecule has 0 unspecified atom stereocenters. The second-order valence-corrected chi connectivity index (χ2v) is 11.2. The highest BCUT2D eigenvalue weighted by Gasteiger charge is 2.35. The van der Waals surface area contributed by atoms with Gasteiger partial charge >= 0.3 is 5.97 Å². The van der Waals surface area contributed by atoms with Gasteiger partial charge in [-0.2, -0.15) is 0 Å². The molecule has 32 heavy (non-hydrogen) atoms. The van der Waals surface area contributed by atoms with E-state index in [9.17, 15) is 9.59 Å². The Morgan fingerprint density at radius 3 is 1.84 bits per heavy atom. The molecule has 2 aromatic carbocycles. The van der Waals surface area contributed by atoms with Crippen LogP contribution in [0, 0.1) is 10.8 Å². The predicted molar refractivity (Wildman–Crippen MR) is 133 cm³/mol. The molecule has 2 rings (SSSR count). The summed E-state index contributed by atoms with van der Waals surface area (Å²) in [5.74, 6) is -0.0525. The molecule has 0 spiro atoms. The van der Waals surface area contributed by atoms with Gasteiger partial charge in [-0.05, 0) is 79.6 Å². The maximum Gasteiger partial charge on any atom is 0.349 e. The molecule has 0 heterocycles. The zero-order valence-corrected chi connectivity index (χ0v) is 22.0. The van der Waals surface area contributed by atoms with Crippen molar-refractivity contribution in [1.29, 1.82) is 0 Å². The summed E-state index contributed by atoms with van der Waals surface area (Å²) in [5, 5.41) is 1.46. The SMILES string of the molecule is CC(C)(CBr)CC(C)(C)COC(=O)C(C)(C)Oc1ccc(C(=O)c2ccc(Cl)cc2)cc1. The average molecular weight is 524 g/mol. The van der Waals surface area contributed by atoms with E-state index in [4.69, 9.17) is 21.1 Å². The molecule has 0 saturated carbocycles. The molecule has 174 valence electrons. The van der Waals surface area contributed by atoms with Crippen LogP contribution in [-0.2, 0) is 9.53 Å². The van der Waals surface area contributed by atoms with Crippen molar-refractivity contribution in [3.05, 3.63) is 64.7 Å². The van der Waals surface area contributed by atoms with Crippen molar-refractivity contribution in [2.24, 2.45) is 10.8 Å². The Hall–Kier alpha value is -1.85. The lowest BCUT2D eigenvalue weighted by Crippen LogP contribution is -2.41. The van der Waals surface area contributed by atoms with Gasteiger partial charge in [-0.15, -0.1) is 0 Å². The second kappa shape index (κ2) is 10.4. The van der Waals surface area contributed by atoms with Crippen molar-refractivity contribution in [2.75, 3.05) is 11.9 Å². The molecule has 4 nitrogen and oxygen atoms in total. The van der Waals surface area contributed by atoms with Gasteiger partial charge in [0.15, 0.2) is 11.4 Å². The lowest BCUT2D eigenvalue weighted by molar-refractivity contribution is -0.163. The van der Waals surface area contributed by atoms with Crippen molar-refractivity contribution in [3.8, 4) is 5.75 Å². The number of benzene rings is 2. The summed E-state index contributed by atoms with van der Waals surface area (Å²) in [4.78, 5) is 25.3. The summed E-state index contributed by atoms with van der Waals surface area (Å²) in [6.45, 7) is 12.2. The average Bonchev–Trinajstić information content (AvgIpc) is 2.71. The third kappa shape index (κ3) is 7.63. The number of alkyl halides is 1. The first-order valence-electron chi connectivity index (χ1n) is 10.6. The van der Waals surface area contributed by atoms with Gasteiger partial charge in [0.1, 0.15) is 5.75 Å². The van der Waals surface area contributed by atoms with Crippen molar-refractivity contribution in [1.82, 2.24) is 0 Å². The Kier molecular flexibility index (Phi) is 8.57. The van der Waals surface area contributed by atoms with E-state index in [2.05, 4.69) is 43.6 Å². The van der Waals surface area contributed by atoms with Gasteiger partial charge in [0, 0.05) is 21.5 Å². The predicted octanol–water partition coefficient (Wildman–Crippen LogP) is 7.11. The number of esters is 1. The van der Waals surface area contributed by atoms with E-state index >= 15 is 0 Å². The van der Waals surface area contributed by atoms with E-state index in [0.29, 0.717) is 28.5 Å². The molecular weight excluding hydrogens is 492 g/mol. The van der Waals surface area contributed by atoms with Gasteiger partial charge in [0.2, 0.25) is 0 Å². The Morgan fingerprint density at radius 1 is 0.844 bits per heavy atom. The highest BCUT2D eigenvalue weighted by molar-refractivity contribution is 9.09. The molecule has 0 aromatic heterocycles. The number of halogens is 2. The van der Waals surface area contributed by atoms with Gasteiger partial charge in [-0.25, -0.2) is 4.79 Å². The number of rotatable bonds is 10. The topological polar surface area (TPSA) is 52.6 Å². The van der Waals surface area contributed by atoms with Crippen LogP contribution in [0.2, 0.25) is 5.02 Å². The number of carbonyl (C=O) groups excluding carboxylic acids is 2. The Balaban J connectivity index is 1.99. The number of carbonyl (C=O) groups is 2. The molecule has 0 aliphatic heterocycles. The lowest BCUT2D eigenvalue weighted by atomic mass is 9.77. The molecule has 0 fully saturated rings. The zero-order chi connectivity index (χ0) is 24.2. The first-order valence-corrected chi connectivity index (χ1v) is 12.1. The molecule has 0 amide bonds. The van der Waals surface area contributed by atoms with E-state index < -0.39 is 11.6 Å². The van der Waals surface area contributed by atoms with E-state index in [1.54, 1.807) is 62.4 Å². The monoisotopic (exact) mass is 522 g/mol. The first-order chi connectivity index (χ1) is 14.7. The molecule has 0 atom stereocenters. The van der Waals surface area contributed by atoms with E-state index in [1.807, 2.05) is 0 Å². The van der Waals surface area contributed by atoms with E-state index in [0.717, 1.165) is 11.8 Å². The summed E-state index contributed by atoms with van der Waals surface area (Å²) in [7, 11) is 0. The molecule has 0 N–H and O–H groups in total. The minimum Gasteiger partial charge on any atom is -0.476 e. The fourth-order valence-electron chi connectivity index (χ4n) is 3.61. The largest absolute Gasteiger partial charge is 0.476 e. The summed E-state index contributed by atoms with van der Waals surface area (Å²) in [6, 6.07) is 13.5. The second-order valence-electron chi connectivity index (χ2n) is 10.2. The molecule has 0 radical (unpaired) electrons. The van der Waals surface area contributed by atoms with Crippen LogP contribution in [0.1, 0.15) is 63.9 Å². The molecule has 0 aliphatic rings. The normalized spacial score (nSPS) is 12.4. The van der Waals surface area contributed by atoms with Gasteiger partial charge < -0.3 is 9.47 Å². The summed E-state index contributed by atoms with van der Waals surface area (Å²) in [6.07, 6.45) is 0.906. The molecule has 0 aliphatic carbocycles. The number of hydrogen-bond donors (Lipinski definition) is 0.